The van der Waals surface area contributed by atoms with Crippen LogP contribution < -0.4 is 10.6 Å². The van der Waals surface area contributed by atoms with Gasteiger partial charge in [-0.15, -0.1) is 24.8 Å². The van der Waals surface area contributed by atoms with Crippen molar-refractivity contribution in [3.8, 4) is 0 Å². The number of hydrogen-bond donors (Lipinski definition) is 2. The molecule has 1 fully saturated rings. The van der Waals surface area contributed by atoms with Crippen LogP contribution in [0.4, 0.5) is 0 Å². The molecule has 2 aromatic carbocycles. The molecule has 4 rings (SSSR count). The van der Waals surface area contributed by atoms with Crippen LogP contribution in [0.15, 0.2) is 48.7 Å². The van der Waals surface area contributed by atoms with Crippen molar-refractivity contribution >= 4 is 52.4 Å². The molecule has 1 atom stereocenters. The molecule has 0 bridgehead atoms. The van der Waals surface area contributed by atoms with Gasteiger partial charge in [-0.05, 0) is 42.3 Å². The molecule has 6 heteroatoms. The van der Waals surface area contributed by atoms with Crippen LogP contribution in [0.1, 0.15) is 23.2 Å². The lowest BCUT2D eigenvalue weighted by molar-refractivity contribution is 0.0952. The van der Waals surface area contributed by atoms with Gasteiger partial charge < -0.3 is 10.6 Å². The van der Waals surface area contributed by atoms with Crippen LogP contribution in [-0.4, -0.2) is 30.0 Å². The normalized spacial score (nSPS) is 16.2. The van der Waals surface area contributed by atoms with E-state index in [0.717, 1.165) is 34.6 Å². The van der Waals surface area contributed by atoms with Gasteiger partial charge in [-0.2, -0.15) is 0 Å². The summed E-state index contributed by atoms with van der Waals surface area (Å²) in [7, 11) is 0. The molecule has 1 saturated heterocycles. The van der Waals surface area contributed by atoms with E-state index in [9.17, 15) is 4.79 Å². The van der Waals surface area contributed by atoms with E-state index < -0.39 is 0 Å². The molecule has 0 spiro atoms. The third-order valence-corrected chi connectivity index (χ3v) is 4.53. The second kappa shape index (κ2) is 8.48. The number of nitrogens with zero attached hydrogens (tertiary/aromatic N) is 1. The van der Waals surface area contributed by atoms with Gasteiger partial charge in [0.2, 0.25) is 0 Å². The van der Waals surface area contributed by atoms with Crippen molar-refractivity contribution in [1.29, 1.82) is 0 Å². The number of pyridine rings is 1. The van der Waals surface area contributed by atoms with Crippen LogP contribution in [0.2, 0.25) is 0 Å². The average Bonchev–Trinajstić information content (AvgIpc) is 3.12. The predicted molar refractivity (Wildman–Crippen MR) is 107 cm³/mol. The Labute approximate surface area is 159 Å². The Bertz CT molecular complexity index is 879. The number of halogens is 2. The average molecular weight is 378 g/mol. The van der Waals surface area contributed by atoms with Crippen molar-refractivity contribution in [2.75, 3.05) is 13.1 Å². The lowest BCUT2D eigenvalue weighted by atomic mass is 10.0. The fourth-order valence-corrected chi connectivity index (χ4v) is 3.34. The van der Waals surface area contributed by atoms with Gasteiger partial charge in [0.25, 0.3) is 5.91 Å². The standard InChI is InChI=1S/C19H19N3O.2ClH/c23-19(22-12-14-6-3-9-20-14)17-11-13-5-1-2-7-15(13)16-8-4-10-21-18(16)17;;/h1-2,4-5,7-8,10-11,14,20H,3,6,9,12H2,(H,22,23);2*1H. The Kier molecular flexibility index (Phi) is 6.59. The zero-order valence-corrected chi connectivity index (χ0v) is 15.3. The summed E-state index contributed by atoms with van der Waals surface area (Å²) >= 11 is 0. The van der Waals surface area contributed by atoms with Gasteiger partial charge in [0.1, 0.15) is 0 Å². The first-order valence-corrected chi connectivity index (χ1v) is 8.11. The first-order valence-electron chi connectivity index (χ1n) is 8.11. The molecule has 132 valence electrons. The van der Waals surface area contributed by atoms with Crippen LogP contribution in [0, 0.1) is 0 Å². The fourth-order valence-electron chi connectivity index (χ4n) is 3.34. The fraction of sp³-hybridized carbons (Fsp3) is 0.263. The van der Waals surface area contributed by atoms with Crippen molar-refractivity contribution in [3.05, 3.63) is 54.2 Å². The van der Waals surface area contributed by atoms with E-state index in [4.69, 9.17) is 0 Å². The predicted octanol–water partition coefficient (Wildman–Crippen LogP) is 3.71. The van der Waals surface area contributed by atoms with Crippen molar-refractivity contribution in [2.45, 2.75) is 18.9 Å². The summed E-state index contributed by atoms with van der Waals surface area (Å²) in [6.07, 6.45) is 4.05. The van der Waals surface area contributed by atoms with Crippen LogP contribution in [-0.2, 0) is 0 Å². The van der Waals surface area contributed by atoms with Gasteiger partial charge in [0, 0.05) is 24.2 Å². The van der Waals surface area contributed by atoms with E-state index >= 15 is 0 Å². The van der Waals surface area contributed by atoms with Gasteiger partial charge in [-0.3, -0.25) is 9.78 Å². The highest BCUT2D eigenvalue weighted by atomic mass is 35.5. The summed E-state index contributed by atoms with van der Waals surface area (Å²) in [5.41, 5.74) is 1.42. The topological polar surface area (TPSA) is 54.0 Å². The zero-order valence-electron chi connectivity index (χ0n) is 13.7. The molecule has 4 nitrogen and oxygen atoms in total. The molecule has 0 radical (unpaired) electrons. The van der Waals surface area contributed by atoms with E-state index in [1.165, 1.54) is 6.42 Å². The summed E-state index contributed by atoms with van der Waals surface area (Å²) in [6.45, 7) is 1.71. The Morgan fingerprint density at radius 1 is 1.16 bits per heavy atom. The molecule has 1 aliphatic heterocycles. The summed E-state index contributed by atoms with van der Waals surface area (Å²) < 4.78 is 0. The molecule has 0 aliphatic carbocycles. The van der Waals surface area contributed by atoms with E-state index in [2.05, 4.69) is 21.7 Å². The molecule has 1 amide bonds. The van der Waals surface area contributed by atoms with Gasteiger partial charge in [0.15, 0.2) is 0 Å². The smallest absolute Gasteiger partial charge is 0.253 e. The minimum atomic E-state index is -0.0480. The zero-order chi connectivity index (χ0) is 15.6. The molecule has 0 saturated carbocycles. The van der Waals surface area contributed by atoms with Crippen molar-refractivity contribution in [1.82, 2.24) is 15.6 Å². The second-order valence-electron chi connectivity index (χ2n) is 6.05. The largest absolute Gasteiger partial charge is 0.350 e. The summed E-state index contributed by atoms with van der Waals surface area (Å²) in [5.74, 6) is -0.0480. The van der Waals surface area contributed by atoms with Crippen LogP contribution in [0.25, 0.3) is 21.7 Å². The van der Waals surface area contributed by atoms with E-state index in [1.807, 2.05) is 36.4 Å². The number of aromatic nitrogens is 1. The number of carbonyl (C=O) groups is 1. The van der Waals surface area contributed by atoms with E-state index in [1.54, 1.807) is 6.20 Å². The van der Waals surface area contributed by atoms with Gasteiger partial charge in [-0.25, -0.2) is 0 Å². The molecule has 2 N–H and O–H groups in total. The van der Waals surface area contributed by atoms with Crippen LogP contribution >= 0.6 is 24.8 Å². The number of nitrogens with one attached hydrogen (secondary N) is 2. The maximum Gasteiger partial charge on any atom is 0.253 e. The molecular formula is C19H21Cl2N3O. The third kappa shape index (κ3) is 3.87. The highest BCUT2D eigenvalue weighted by Gasteiger charge is 2.17. The van der Waals surface area contributed by atoms with Crippen molar-refractivity contribution in [3.63, 3.8) is 0 Å². The summed E-state index contributed by atoms with van der Waals surface area (Å²) in [4.78, 5) is 17.1. The molecule has 1 aromatic heterocycles. The van der Waals surface area contributed by atoms with Gasteiger partial charge in [-0.1, -0.05) is 30.3 Å². The third-order valence-electron chi connectivity index (χ3n) is 4.53. The maximum absolute atomic E-state index is 12.7. The number of fused-ring (bicyclic) bond motifs is 3. The SMILES string of the molecule is Cl.Cl.O=C(NCC1CCCN1)c1cc2ccccc2c2cccnc12. The lowest BCUT2D eigenvalue weighted by Crippen LogP contribution is -2.37. The first-order chi connectivity index (χ1) is 11.3. The van der Waals surface area contributed by atoms with Gasteiger partial charge in [0.05, 0.1) is 11.1 Å². The molecule has 1 aliphatic rings. The quantitative estimate of drug-likeness (QED) is 0.684. The number of carbonyl (C=O) groups excluding carboxylic acids is 1. The Hall–Kier alpha value is -1.88. The minimum absolute atomic E-state index is 0. The molecule has 25 heavy (non-hydrogen) atoms. The Morgan fingerprint density at radius 2 is 1.96 bits per heavy atom. The maximum atomic E-state index is 12.7. The first kappa shape index (κ1) is 19.4. The molecule has 3 aromatic rings. The lowest BCUT2D eigenvalue weighted by Gasteiger charge is -2.13. The Morgan fingerprint density at radius 3 is 2.76 bits per heavy atom. The van der Waals surface area contributed by atoms with Crippen LogP contribution in [0.5, 0.6) is 0 Å². The van der Waals surface area contributed by atoms with Crippen LogP contribution in [0.3, 0.4) is 0 Å². The number of amides is 1. The minimum Gasteiger partial charge on any atom is -0.350 e. The number of hydrogen-bond acceptors (Lipinski definition) is 3. The van der Waals surface area contributed by atoms with Crippen molar-refractivity contribution in [2.24, 2.45) is 0 Å². The molecule has 1 unspecified atom stereocenters. The second-order valence-corrected chi connectivity index (χ2v) is 6.05. The molecule has 2 heterocycles. The van der Waals surface area contributed by atoms with E-state index in [0.29, 0.717) is 18.2 Å². The van der Waals surface area contributed by atoms with Gasteiger partial charge >= 0.3 is 0 Å². The number of benzene rings is 2. The summed E-state index contributed by atoms with van der Waals surface area (Å²) in [5, 5.41) is 9.68. The highest BCUT2D eigenvalue weighted by molar-refractivity contribution is 6.15. The summed E-state index contributed by atoms with van der Waals surface area (Å²) in [6, 6.07) is 14.4. The monoisotopic (exact) mass is 377 g/mol. The van der Waals surface area contributed by atoms with E-state index in [-0.39, 0.29) is 30.7 Å². The molecular weight excluding hydrogens is 357 g/mol. The highest BCUT2D eigenvalue weighted by Crippen LogP contribution is 2.27. The number of rotatable bonds is 3. The van der Waals surface area contributed by atoms with Crippen molar-refractivity contribution < 1.29 is 4.79 Å². The Balaban J connectivity index is 0.00000113.